The minimum atomic E-state index is -0.109. The number of aldehydes is 1. The Morgan fingerprint density at radius 2 is 1.90 bits per heavy atom. The monoisotopic (exact) mass is 271 g/mol. The predicted octanol–water partition coefficient (Wildman–Crippen LogP) is 3.98. The molecule has 1 aromatic rings. The molecule has 1 fully saturated rings. The van der Waals surface area contributed by atoms with Crippen LogP contribution in [0.15, 0.2) is 24.3 Å². The van der Waals surface area contributed by atoms with Crippen molar-refractivity contribution in [2.75, 3.05) is 11.4 Å². The zero-order valence-electron chi connectivity index (χ0n) is 12.5. The summed E-state index contributed by atoms with van der Waals surface area (Å²) in [5, 5.41) is 0. The molecule has 1 aliphatic heterocycles. The molecule has 2 aliphatic rings. The summed E-state index contributed by atoms with van der Waals surface area (Å²) >= 11 is 0. The lowest BCUT2D eigenvalue weighted by atomic mass is 9.81. The fraction of sp³-hybridized carbons (Fsp3) is 0.611. The maximum Gasteiger partial charge on any atom is 0.127 e. The number of carbonyl (C=O) groups is 1. The maximum atomic E-state index is 11.8. The van der Waals surface area contributed by atoms with Crippen LogP contribution in [0.2, 0.25) is 0 Å². The fourth-order valence-electron chi connectivity index (χ4n) is 3.96. The van der Waals surface area contributed by atoms with Crippen LogP contribution in [0, 0.1) is 5.41 Å². The quantitative estimate of drug-likeness (QED) is 0.612. The molecule has 1 atom stereocenters. The van der Waals surface area contributed by atoms with E-state index in [1.165, 1.54) is 43.2 Å². The van der Waals surface area contributed by atoms with E-state index < -0.39 is 0 Å². The second-order valence-corrected chi connectivity index (χ2v) is 6.70. The molecule has 1 aromatic carbocycles. The number of carbonyl (C=O) groups excluding carboxylic acids is 1. The molecule has 0 bridgehead atoms. The molecule has 0 aromatic heterocycles. The van der Waals surface area contributed by atoms with Gasteiger partial charge in [-0.05, 0) is 37.8 Å². The highest BCUT2D eigenvalue weighted by Gasteiger charge is 2.36. The van der Waals surface area contributed by atoms with Crippen LogP contribution in [-0.4, -0.2) is 18.9 Å². The van der Waals surface area contributed by atoms with Gasteiger partial charge in [0.25, 0.3) is 0 Å². The van der Waals surface area contributed by atoms with Gasteiger partial charge in [0.2, 0.25) is 0 Å². The molecule has 1 saturated carbocycles. The second kappa shape index (κ2) is 5.59. The number of fused-ring (bicyclic) bond motifs is 1. The standard InChI is InChI=1S/C18H25NO/c1-15-12-16-8-4-5-9-17(16)19(15)13-18(14-20)10-6-2-3-7-11-18/h4-5,8-9,14-15H,2-3,6-7,10-13H2,1H3. The average Bonchev–Trinajstić information content (AvgIpc) is 2.65. The molecule has 0 saturated heterocycles. The van der Waals surface area contributed by atoms with E-state index in [4.69, 9.17) is 0 Å². The SMILES string of the molecule is CC1Cc2ccccc2N1CC1(C=O)CCCCCC1. The number of anilines is 1. The zero-order chi connectivity index (χ0) is 14.0. The van der Waals surface area contributed by atoms with E-state index in [0.29, 0.717) is 6.04 Å². The number of benzene rings is 1. The summed E-state index contributed by atoms with van der Waals surface area (Å²) in [6.07, 6.45) is 9.54. The van der Waals surface area contributed by atoms with Crippen LogP contribution in [0.1, 0.15) is 51.0 Å². The number of rotatable bonds is 3. The third-order valence-corrected chi connectivity index (χ3v) is 5.18. The Hall–Kier alpha value is -1.31. The van der Waals surface area contributed by atoms with Gasteiger partial charge in [-0.25, -0.2) is 0 Å². The third-order valence-electron chi connectivity index (χ3n) is 5.18. The first-order valence-electron chi connectivity index (χ1n) is 8.05. The number of hydrogen-bond donors (Lipinski definition) is 0. The normalized spacial score (nSPS) is 25.1. The van der Waals surface area contributed by atoms with Gasteiger partial charge in [0, 0.05) is 23.7 Å². The molecule has 1 aliphatic carbocycles. The topological polar surface area (TPSA) is 20.3 Å². The molecule has 0 spiro atoms. The second-order valence-electron chi connectivity index (χ2n) is 6.70. The third kappa shape index (κ3) is 2.48. The molecule has 1 unspecified atom stereocenters. The van der Waals surface area contributed by atoms with Crippen LogP contribution < -0.4 is 4.90 Å². The van der Waals surface area contributed by atoms with Crippen LogP contribution in [0.4, 0.5) is 5.69 Å². The van der Waals surface area contributed by atoms with E-state index >= 15 is 0 Å². The van der Waals surface area contributed by atoms with Gasteiger partial charge in [0.05, 0.1) is 0 Å². The zero-order valence-corrected chi connectivity index (χ0v) is 12.5. The van der Waals surface area contributed by atoms with Crippen molar-refractivity contribution in [2.24, 2.45) is 5.41 Å². The van der Waals surface area contributed by atoms with Gasteiger partial charge in [-0.2, -0.15) is 0 Å². The van der Waals surface area contributed by atoms with Gasteiger partial charge >= 0.3 is 0 Å². The lowest BCUT2D eigenvalue weighted by Crippen LogP contribution is -2.41. The summed E-state index contributed by atoms with van der Waals surface area (Å²) in [4.78, 5) is 14.3. The Morgan fingerprint density at radius 1 is 1.20 bits per heavy atom. The number of para-hydroxylation sites is 1. The van der Waals surface area contributed by atoms with Crippen LogP contribution >= 0.6 is 0 Å². The van der Waals surface area contributed by atoms with Crippen molar-refractivity contribution in [1.82, 2.24) is 0 Å². The van der Waals surface area contributed by atoms with Crippen LogP contribution in [0.3, 0.4) is 0 Å². The van der Waals surface area contributed by atoms with Crippen molar-refractivity contribution < 1.29 is 4.79 Å². The summed E-state index contributed by atoms with van der Waals surface area (Å²) in [6.45, 7) is 3.20. The Labute approximate surface area is 122 Å². The Balaban J connectivity index is 1.83. The van der Waals surface area contributed by atoms with Crippen molar-refractivity contribution >= 4 is 12.0 Å². The fourth-order valence-corrected chi connectivity index (χ4v) is 3.96. The summed E-state index contributed by atoms with van der Waals surface area (Å²) in [7, 11) is 0. The molecular weight excluding hydrogens is 246 g/mol. The van der Waals surface area contributed by atoms with Crippen molar-refractivity contribution in [2.45, 2.75) is 57.9 Å². The van der Waals surface area contributed by atoms with E-state index in [1.807, 2.05) is 0 Å². The summed E-state index contributed by atoms with van der Waals surface area (Å²) in [6, 6.07) is 9.20. The average molecular weight is 271 g/mol. The highest BCUT2D eigenvalue weighted by Crippen LogP contribution is 2.39. The number of nitrogens with zero attached hydrogens (tertiary/aromatic N) is 1. The molecule has 1 heterocycles. The lowest BCUT2D eigenvalue weighted by Gasteiger charge is -2.35. The van der Waals surface area contributed by atoms with Gasteiger partial charge in [0.15, 0.2) is 0 Å². The van der Waals surface area contributed by atoms with E-state index in [1.54, 1.807) is 0 Å². The molecule has 0 amide bonds. The van der Waals surface area contributed by atoms with Crippen molar-refractivity contribution in [3.8, 4) is 0 Å². The van der Waals surface area contributed by atoms with Gasteiger partial charge in [-0.3, -0.25) is 0 Å². The van der Waals surface area contributed by atoms with Gasteiger partial charge in [0.1, 0.15) is 6.29 Å². The predicted molar refractivity (Wildman–Crippen MR) is 83.2 cm³/mol. The molecule has 2 heteroatoms. The Kier molecular flexibility index (Phi) is 3.82. The van der Waals surface area contributed by atoms with Gasteiger partial charge < -0.3 is 9.69 Å². The largest absolute Gasteiger partial charge is 0.367 e. The van der Waals surface area contributed by atoms with Crippen molar-refractivity contribution in [1.29, 1.82) is 0 Å². The lowest BCUT2D eigenvalue weighted by molar-refractivity contribution is -0.116. The summed E-state index contributed by atoms with van der Waals surface area (Å²) in [5.74, 6) is 0. The van der Waals surface area contributed by atoms with Crippen LogP contribution in [0.5, 0.6) is 0 Å². The molecule has 20 heavy (non-hydrogen) atoms. The van der Waals surface area contributed by atoms with E-state index in [9.17, 15) is 4.79 Å². The minimum Gasteiger partial charge on any atom is -0.367 e. The smallest absolute Gasteiger partial charge is 0.127 e. The van der Waals surface area contributed by atoms with E-state index in [2.05, 4.69) is 36.1 Å². The number of hydrogen-bond acceptors (Lipinski definition) is 2. The Morgan fingerprint density at radius 3 is 2.60 bits per heavy atom. The van der Waals surface area contributed by atoms with Gasteiger partial charge in [-0.15, -0.1) is 0 Å². The maximum absolute atomic E-state index is 11.8. The van der Waals surface area contributed by atoms with Crippen molar-refractivity contribution in [3.05, 3.63) is 29.8 Å². The highest BCUT2D eigenvalue weighted by molar-refractivity contribution is 5.65. The first kappa shape index (κ1) is 13.7. The van der Waals surface area contributed by atoms with Gasteiger partial charge in [-0.1, -0.05) is 43.9 Å². The first-order valence-corrected chi connectivity index (χ1v) is 8.05. The summed E-state index contributed by atoms with van der Waals surface area (Å²) < 4.78 is 0. The summed E-state index contributed by atoms with van der Waals surface area (Å²) in [5.41, 5.74) is 2.68. The molecule has 2 nitrogen and oxygen atoms in total. The molecular formula is C18H25NO. The van der Waals surface area contributed by atoms with Crippen LogP contribution in [-0.2, 0) is 11.2 Å². The van der Waals surface area contributed by atoms with Crippen LogP contribution in [0.25, 0.3) is 0 Å². The first-order chi connectivity index (χ1) is 9.74. The molecule has 0 radical (unpaired) electrons. The van der Waals surface area contributed by atoms with E-state index in [-0.39, 0.29) is 5.41 Å². The molecule has 3 rings (SSSR count). The molecule has 0 N–H and O–H groups in total. The van der Waals surface area contributed by atoms with E-state index in [0.717, 1.165) is 25.8 Å². The highest BCUT2D eigenvalue weighted by atomic mass is 16.1. The Bertz CT molecular complexity index is 474. The minimum absolute atomic E-state index is 0.109. The molecule has 108 valence electrons. The van der Waals surface area contributed by atoms with Crippen molar-refractivity contribution in [3.63, 3.8) is 0 Å².